The van der Waals surface area contributed by atoms with Gasteiger partial charge in [-0.25, -0.2) is 0 Å². The van der Waals surface area contributed by atoms with Gasteiger partial charge in [0.2, 0.25) is 6.71 Å². The molecule has 6 aromatic carbocycles. The molecule has 3 heteroatoms. The molecule has 2 nitrogen and oxygen atoms in total. The zero-order valence-electron chi connectivity index (χ0n) is 48.6. The average molecular weight is 990 g/mol. The number of hydrogen-bond acceptors (Lipinski definition) is 2. The summed E-state index contributed by atoms with van der Waals surface area (Å²) < 4.78 is 7.21. The molecule has 0 amide bonds. The molecule has 0 spiro atoms. The summed E-state index contributed by atoms with van der Waals surface area (Å²) in [5.41, 5.74) is 22.0. The molecule has 0 unspecified atom stereocenters. The van der Waals surface area contributed by atoms with E-state index < -0.39 is 0 Å². The summed E-state index contributed by atoms with van der Waals surface area (Å²) in [5, 5.41) is 1.04. The highest BCUT2D eigenvalue weighted by Crippen LogP contribution is 2.45. The Morgan fingerprint density at radius 2 is 1.12 bits per heavy atom. The lowest BCUT2D eigenvalue weighted by atomic mass is 9.33. The van der Waals surface area contributed by atoms with Gasteiger partial charge in [0.25, 0.3) is 0 Å². The van der Waals surface area contributed by atoms with E-state index in [-0.39, 0.29) is 28.4 Å². The second kappa shape index (κ2) is 21.6. The second-order valence-corrected chi connectivity index (χ2v) is 25.7. The fraction of sp³-hybridized carbons (Fsp3) is 0.333. The van der Waals surface area contributed by atoms with E-state index in [1.165, 1.54) is 77.9 Å². The highest BCUT2D eigenvalue weighted by Gasteiger charge is 2.39. The summed E-state index contributed by atoms with van der Waals surface area (Å²) in [4.78, 5) is 2.62. The van der Waals surface area contributed by atoms with Crippen molar-refractivity contribution in [2.24, 2.45) is 0 Å². The molecule has 1 aliphatic heterocycles. The van der Waals surface area contributed by atoms with Crippen molar-refractivity contribution in [3.63, 3.8) is 0 Å². The van der Waals surface area contributed by atoms with Crippen LogP contribution in [0.25, 0.3) is 22.1 Å². The van der Waals surface area contributed by atoms with Crippen molar-refractivity contribution in [3.8, 4) is 11.1 Å². The Hall–Kier alpha value is -6.58. The Morgan fingerprint density at radius 3 is 1.75 bits per heavy atom. The first-order valence-electron chi connectivity index (χ1n) is 27.6. The lowest BCUT2D eigenvalue weighted by Gasteiger charge is -2.41. The van der Waals surface area contributed by atoms with Crippen molar-refractivity contribution in [1.82, 2.24) is 0 Å². The first-order chi connectivity index (χ1) is 35.3. The smallest absolute Gasteiger partial charge is 0.242 e. The molecule has 0 saturated heterocycles. The number of allylic oxidation sites excluding steroid dienone is 5. The van der Waals surface area contributed by atoms with Crippen LogP contribution in [0.2, 0.25) is 0 Å². The lowest BCUT2D eigenvalue weighted by molar-refractivity contribution is 0.512. The van der Waals surface area contributed by atoms with Gasteiger partial charge >= 0.3 is 0 Å². The maximum absolute atomic E-state index is 7.21. The van der Waals surface area contributed by atoms with E-state index in [9.17, 15) is 0 Å². The minimum atomic E-state index is -0.118. The number of benzene rings is 6. The lowest BCUT2D eigenvalue weighted by Crippen LogP contribution is -2.52. The van der Waals surface area contributed by atoms with Crippen molar-refractivity contribution < 1.29 is 4.42 Å². The summed E-state index contributed by atoms with van der Waals surface area (Å²) in [7, 11) is 0. The Bertz CT molecular complexity index is 3340. The molecule has 0 radical (unpaired) electrons. The van der Waals surface area contributed by atoms with Crippen LogP contribution in [0.5, 0.6) is 0 Å². The van der Waals surface area contributed by atoms with E-state index in [4.69, 9.17) is 4.42 Å². The molecule has 1 aliphatic rings. The van der Waals surface area contributed by atoms with Gasteiger partial charge in [0, 0.05) is 27.9 Å². The van der Waals surface area contributed by atoms with Crippen LogP contribution in [0.4, 0.5) is 11.4 Å². The molecule has 0 saturated carbocycles. The number of para-hydroxylation sites is 2. The molecule has 0 fully saturated rings. The van der Waals surface area contributed by atoms with E-state index in [2.05, 4.69) is 292 Å². The quantitative estimate of drug-likeness (QED) is 0.100. The van der Waals surface area contributed by atoms with Crippen LogP contribution >= 0.6 is 0 Å². The van der Waals surface area contributed by atoms with Gasteiger partial charge in [0.05, 0.1) is 5.69 Å². The van der Waals surface area contributed by atoms with Crippen LogP contribution in [0.1, 0.15) is 160 Å². The van der Waals surface area contributed by atoms with Crippen molar-refractivity contribution in [1.29, 1.82) is 0 Å². The van der Waals surface area contributed by atoms with E-state index in [0.717, 1.165) is 46.4 Å². The van der Waals surface area contributed by atoms with Gasteiger partial charge in [-0.05, 0) is 129 Å². The van der Waals surface area contributed by atoms with Crippen LogP contribution in [-0.4, -0.2) is 6.71 Å². The van der Waals surface area contributed by atoms with Crippen LogP contribution in [-0.2, 0) is 34.5 Å². The average Bonchev–Trinajstić information content (AvgIpc) is 3.42. The van der Waals surface area contributed by atoms with Gasteiger partial charge in [-0.2, -0.15) is 0 Å². The Morgan fingerprint density at radius 1 is 0.560 bits per heavy atom. The van der Waals surface area contributed by atoms with E-state index >= 15 is 0 Å². The molecule has 0 atom stereocenters. The SMILES string of the molecule is C/C=C/C(=C\C1=C(Cc2ccc(C(C)(C)C)cc2)B(c2cc(C(C)(C)C)ccc2C)c2cc(C(C)(C)C)ccc2N1c1ccccc1-c1cccc2ccccc(C(C)(C)C)c(C)oc12)Cc1ccc(C(C)C)cc1. The molecule has 0 aliphatic carbocycles. The molecule has 0 N–H and O–H groups in total. The fourth-order valence-corrected chi connectivity index (χ4v) is 10.9. The van der Waals surface area contributed by atoms with E-state index in [1.54, 1.807) is 0 Å². The number of hydrogen-bond donors (Lipinski definition) is 0. The van der Waals surface area contributed by atoms with Gasteiger partial charge in [-0.3, -0.25) is 0 Å². The second-order valence-electron chi connectivity index (χ2n) is 25.7. The molecule has 7 aromatic rings. The normalized spacial score (nSPS) is 13.8. The molecular weight excluding hydrogens is 906 g/mol. The summed E-state index contributed by atoms with van der Waals surface area (Å²) in [6.45, 7) is 38.9. The minimum absolute atomic E-state index is 0.0354. The zero-order chi connectivity index (χ0) is 54.2. The van der Waals surface area contributed by atoms with Gasteiger partial charge in [-0.15, -0.1) is 0 Å². The van der Waals surface area contributed by atoms with Gasteiger partial charge in [-0.1, -0.05) is 265 Å². The first-order valence-corrected chi connectivity index (χ1v) is 27.6. The van der Waals surface area contributed by atoms with Gasteiger partial charge in [0.1, 0.15) is 11.3 Å². The monoisotopic (exact) mass is 990 g/mol. The topological polar surface area (TPSA) is 16.4 Å². The third-order valence-electron chi connectivity index (χ3n) is 15.4. The Kier molecular flexibility index (Phi) is 15.7. The highest BCUT2D eigenvalue weighted by molar-refractivity contribution is 6.92. The van der Waals surface area contributed by atoms with Gasteiger partial charge in [0.15, 0.2) is 0 Å². The van der Waals surface area contributed by atoms with Crippen molar-refractivity contribution in [3.05, 3.63) is 237 Å². The van der Waals surface area contributed by atoms with Crippen LogP contribution < -0.4 is 15.8 Å². The molecular formula is C72H84BNO. The molecule has 8 rings (SSSR count). The van der Waals surface area contributed by atoms with Crippen LogP contribution in [0.15, 0.2) is 191 Å². The standard InChI is InChI=1S/C72H84BNO/c1-18-24-53(43-51-32-36-54(37-33-51)48(2)3)45-67-63(44-52-34-39-56(40-35-52)69(6,7)8)73(62-46-57(70(9,10)11)38-31-49(62)4)64-47-58(71(12,13)14)41-42-66(64)74(67)65-30-22-20-27-59(65)60-28-23-26-55-25-19-21-29-61(72(15,16)17)50(5)75-68(55)60/h18-42,45-48H,43-44H2,1-17H3/b24-18+,25-19?,29-21?,53-45+,61-50?. The molecule has 0 bridgehead atoms. The third-order valence-corrected chi connectivity index (χ3v) is 15.4. The summed E-state index contributed by atoms with van der Waals surface area (Å²) in [6, 6.07) is 57.8. The van der Waals surface area contributed by atoms with Crippen LogP contribution in [0, 0.1) is 13.8 Å². The maximum Gasteiger partial charge on any atom is 0.242 e. The number of nitrogens with zero attached hydrogens (tertiary/aromatic N) is 1. The highest BCUT2D eigenvalue weighted by atomic mass is 16.3. The largest absolute Gasteiger partial charge is 0.460 e. The molecule has 386 valence electrons. The summed E-state index contributed by atoms with van der Waals surface area (Å²) in [5.74, 6) is 1.37. The number of anilines is 2. The van der Waals surface area contributed by atoms with E-state index in [0.29, 0.717) is 5.92 Å². The number of rotatable bonds is 10. The fourth-order valence-electron chi connectivity index (χ4n) is 10.9. The summed E-state index contributed by atoms with van der Waals surface area (Å²) >= 11 is 0. The predicted molar refractivity (Wildman–Crippen MR) is 328 cm³/mol. The molecule has 2 heterocycles. The van der Waals surface area contributed by atoms with E-state index in [1.807, 2.05) is 0 Å². The Labute approximate surface area is 453 Å². The zero-order valence-corrected chi connectivity index (χ0v) is 48.6. The van der Waals surface area contributed by atoms with Crippen LogP contribution in [0.3, 0.4) is 0 Å². The first kappa shape index (κ1) is 54.7. The minimum Gasteiger partial charge on any atom is -0.460 e. The maximum atomic E-state index is 7.21. The Balaban J connectivity index is 1.54. The van der Waals surface area contributed by atoms with Crippen molar-refractivity contribution >= 4 is 40.0 Å². The number of aryl methyl sites for hydroxylation is 2. The predicted octanol–water partition coefficient (Wildman–Crippen LogP) is 18.7. The summed E-state index contributed by atoms with van der Waals surface area (Å²) in [6.07, 6.45) is 8.63. The van der Waals surface area contributed by atoms with Crippen molar-refractivity contribution in [2.75, 3.05) is 4.90 Å². The third kappa shape index (κ3) is 12.1. The number of fused-ring (bicyclic) bond motifs is 2. The molecule has 75 heavy (non-hydrogen) atoms. The van der Waals surface area contributed by atoms with Gasteiger partial charge < -0.3 is 9.32 Å². The molecule has 1 aromatic heterocycles. The van der Waals surface area contributed by atoms with Crippen molar-refractivity contribution in [2.45, 2.75) is 158 Å².